The van der Waals surface area contributed by atoms with Crippen molar-refractivity contribution in [1.82, 2.24) is 19.8 Å². The lowest BCUT2D eigenvalue weighted by molar-refractivity contribution is -0.144. The molecular formula is C29H33N5O5. The van der Waals surface area contributed by atoms with Crippen molar-refractivity contribution in [3.8, 4) is 0 Å². The van der Waals surface area contributed by atoms with Crippen molar-refractivity contribution in [3.05, 3.63) is 78.2 Å². The molecule has 39 heavy (non-hydrogen) atoms. The first-order valence-electron chi connectivity index (χ1n) is 12.7. The van der Waals surface area contributed by atoms with E-state index in [1.807, 2.05) is 52.0 Å². The molecule has 5 rings (SSSR count). The average molecular weight is 532 g/mol. The third-order valence-corrected chi connectivity index (χ3v) is 8.23. The summed E-state index contributed by atoms with van der Waals surface area (Å²) < 4.78 is 1.80. The number of nitrogens with one attached hydrogen (secondary N) is 1. The number of aliphatic hydroxyl groups excluding tert-OH is 1. The number of aliphatic hydroxyl groups is 1. The first-order chi connectivity index (χ1) is 18.3. The highest BCUT2D eigenvalue weighted by Crippen LogP contribution is 2.64. The molecule has 0 bridgehead atoms. The van der Waals surface area contributed by atoms with Crippen molar-refractivity contribution >= 4 is 29.4 Å². The van der Waals surface area contributed by atoms with Gasteiger partial charge in [0.15, 0.2) is 5.76 Å². The average Bonchev–Trinajstić information content (AvgIpc) is 3.52. The summed E-state index contributed by atoms with van der Waals surface area (Å²) in [5.74, 6) is -3.35. The van der Waals surface area contributed by atoms with Crippen molar-refractivity contribution in [2.45, 2.75) is 57.8 Å². The van der Waals surface area contributed by atoms with Crippen molar-refractivity contribution < 1.29 is 24.3 Å². The number of carbonyl (C=O) groups is 3. The van der Waals surface area contributed by atoms with Gasteiger partial charge in [0.05, 0.1) is 30.2 Å². The van der Waals surface area contributed by atoms with Gasteiger partial charge in [0.1, 0.15) is 11.5 Å². The molecule has 0 aliphatic carbocycles. The summed E-state index contributed by atoms with van der Waals surface area (Å²) in [6.07, 6.45) is 8.36. The fraction of sp³-hybridized carbons (Fsp3) is 0.379. The third kappa shape index (κ3) is 3.30. The number of hydrogen-bond donors (Lipinski definition) is 2. The van der Waals surface area contributed by atoms with Crippen LogP contribution >= 0.6 is 0 Å². The molecule has 2 aromatic rings. The van der Waals surface area contributed by atoms with E-state index in [2.05, 4.69) is 16.9 Å². The molecule has 1 aromatic heterocycles. The van der Waals surface area contributed by atoms with E-state index in [0.29, 0.717) is 17.8 Å². The van der Waals surface area contributed by atoms with Crippen LogP contribution in [0.5, 0.6) is 0 Å². The van der Waals surface area contributed by atoms with Crippen molar-refractivity contribution in [1.29, 1.82) is 0 Å². The van der Waals surface area contributed by atoms with Crippen LogP contribution < -0.4 is 10.4 Å². The number of hydroxylamine groups is 1. The minimum absolute atomic E-state index is 0.00614. The van der Waals surface area contributed by atoms with Crippen molar-refractivity contribution in [2.24, 2.45) is 5.41 Å². The smallest absolute Gasteiger partial charge is 0.296 e. The summed E-state index contributed by atoms with van der Waals surface area (Å²) in [4.78, 5) is 50.9. The number of para-hydroxylation sites is 1. The molecule has 3 aliphatic rings. The number of rotatable bonds is 7. The van der Waals surface area contributed by atoms with Crippen LogP contribution in [-0.4, -0.2) is 50.1 Å². The second-order valence-electron chi connectivity index (χ2n) is 11.5. The zero-order valence-corrected chi connectivity index (χ0v) is 23.0. The standard InChI is InChI=1S/C29H33N5O5/c1-8-26(3,4)28-15-23(36)25(38)33-22(13-19-16-32(17-30-19)27(5,6)14-18(2)35)24(37)31-29(28,33)34(39-7)21-12-10-9-11-20(21)28/h8-13,15-17,36H,1,14H2,2-7H3,(H,31,37)/t28-,29-/m0/s1. The molecule has 2 atom stereocenters. The van der Waals surface area contributed by atoms with E-state index in [1.165, 1.54) is 36.1 Å². The molecule has 0 unspecified atom stereocenters. The Morgan fingerprint density at radius 2 is 1.92 bits per heavy atom. The van der Waals surface area contributed by atoms with Gasteiger partial charge in [0.25, 0.3) is 11.8 Å². The number of nitrogens with zero attached hydrogens (tertiary/aromatic N) is 4. The highest BCUT2D eigenvalue weighted by molar-refractivity contribution is 6.10. The lowest BCUT2D eigenvalue weighted by Gasteiger charge is -2.56. The molecule has 1 aromatic carbocycles. The van der Waals surface area contributed by atoms with Gasteiger partial charge in [0, 0.05) is 23.6 Å². The van der Waals surface area contributed by atoms with E-state index >= 15 is 0 Å². The van der Waals surface area contributed by atoms with Gasteiger partial charge in [-0.1, -0.05) is 38.1 Å². The minimum Gasteiger partial charge on any atom is -0.503 e. The van der Waals surface area contributed by atoms with Crippen LogP contribution in [0.2, 0.25) is 0 Å². The van der Waals surface area contributed by atoms with E-state index in [0.717, 1.165) is 5.56 Å². The second kappa shape index (κ2) is 8.41. The second-order valence-corrected chi connectivity index (χ2v) is 11.5. The van der Waals surface area contributed by atoms with Gasteiger partial charge in [-0.3, -0.25) is 24.1 Å². The highest BCUT2D eigenvalue weighted by atomic mass is 16.7. The fourth-order valence-electron chi connectivity index (χ4n) is 6.38. The Bertz CT molecular complexity index is 1480. The third-order valence-electron chi connectivity index (χ3n) is 8.23. The van der Waals surface area contributed by atoms with E-state index in [4.69, 9.17) is 4.84 Å². The quantitative estimate of drug-likeness (QED) is 0.415. The number of carbonyl (C=O) groups excluding carboxylic acids is 3. The molecular weight excluding hydrogens is 498 g/mol. The lowest BCUT2D eigenvalue weighted by Crippen LogP contribution is -2.76. The highest BCUT2D eigenvalue weighted by Gasteiger charge is 2.77. The number of imidazole rings is 1. The molecule has 4 heterocycles. The van der Waals surface area contributed by atoms with Crippen LogP contribution in [-0.2, 0) is 30.2 Å². The summed E-state index contributed by atoms with van der Waals surface area (Å²) in [6.45, 7) is 13.3. The predicted octanol–water partition coefficient (Wildman–Crippen LogP) is 3.54. The number of benzene rings is 1. The molecule has 0 radical (unpaired) electrons. The van der Waals surface area contributed by atoms with Crippen LogP contribution in [0, 0.1) is 5.41 Å². The largest absolute Gasteiger partial charge is 0.503 e. The summed E-state index contributed by atoms with van der Waals surface area (Å²) in [5, 5.41) is 15.7. The molecule has 1 spiro atoms. The Hall–Kier alpha value is -4.18. The van der Waals surface area contributed by atoms with Gasteiger partial charge in [-0.05, 0) is 44.6 Å². The Kier molecular flexibility index (Phi) is 5.70. The van der Waals surface area contributed by atoms with Crippen LogP contribution in [0.15, 0.2) is 67.0 Å². The van der Waals surface area contributed by atoms with E-state index in [9.17, 15) is 19.5 Å². The van der Waals surface area contributed by atoms with Gasteiger partial charge in [-0.15, -0.1) is 6.58 Å². The summed E-state index contributed by atoms with van der Waals surface area (Å²) in [5.41, 5.74) is -0.755. The first-order valence-corrected chi connectivity index (χ1v) is 12.7. The molecule has 1 saturated heterocycles. The van der Waals surface area contributed by atoms with Gasteiger partial charge in [-0.25, -0.2) is 10.0 Å². The Labute approximate surface area is 227 Å². The monoisotopic (exact) mass is 531 g/mol. The molecule has 2 N–H and O–H groups in total. The predicted molar refractivity (Wildman–Crippen MR) is 145 cm³/mol. The van der Waals surface area contributed by atoms with Crippen molar-refractivity contribution in [2.75, 3.05) is 12.2 Å². The summed E-state index contributed by atoms with van der Waals surface area (Å²) >= 11 is 0. The van der Waals surface area contributed by atoms with Crippen LogP contribution in [0.4, 0.5) is 5.69 Å². The maximum Gasteiger partial charge on any atom is 0.296 e. The Morgan fingerprint density at radius 3 is 2.56 bits per heavy atom. The number of hydrogen-bond acceptors (Lipinski definition) is 7. The van der Waals surface area contributed by atoms with Crippen molar-refractivity contribution in [3.63, 3.8) is 0 Å². The van der Waals surface area contributed by atoms with Crippen LogP contribution in [0.1, 0.15) is 52.3 Å². The van der Waals surface area contributed by atoms with Gasteiger partial charge >= 0.3 is 0 Å². The summed E-state index contributed by atoms with van der Waals surface area (Å²) in [7, 11) is 1.47. The van der Waals surface area contributed by atoms with E-state index in [-0.39, 0.29) is 11.5 Å². The molecule has 2 amide bonds. The minimum atomic E-state index is -1.59. The molecule has 10 heteroatoms. The Morgan fingerprint density at radius 1 is 1.23 bits per heavy atom. The van der Waals surface area contributed by atoms with Gasteiger partial charge < -0.3 is 15.0 Å². The number of amides is 2. The number of anilines is 1. The Balaban J connectivity index is 1.75. The van der Waals surface area contributed by atoms with Gasteiger partial charge in [-0.2, -0.15) is 0 Å². The number of fused-ring (bicyclic) bond motifs is 2. The van der Waals surface area contributed by atoms with Crippen LogP contribution in [0.3, 0.4) is 0 Å². The lowest BCUT2D eigenvalue weighted by atomic mass is 9.57. The summed E-state index contributed by atoms with van der Waals surface area (Å²) in [6, 6.07) is 7.44. The van der Waals surface area contributed by atoms with Crippen LogP contribution in [0.25, 0.3) is 6.08 Å². The van der Waals surface area contributed by atoms with E-state index < -0.39 is 39.7 Å². The number of allylic oxidation sites excluding steroid dienone is 1. The van der Waals surface area contributed by atoms with Gasteiger partial charge in [0.2, 0.25) is 5.79 Å². The number of ketones is 1. The zero-order chi connectivity index (χ0) is 28.5. The molecule has 10 nitrogen and oxygen atoms in total. The number of Topliss-reactive ketones (excluding diaryl/α,β-unsaturated/α-hetero) is 1. The molecule has 204 valence electrons. The maximum atomic E-state index is 13.8. The zero-order valence-electron chi connectivity index (χ0n) is 23.0. The normalized spacial score (nSPS) is 25.3. The topological polar surface area (TPSA) is 117 Å². The van der Waals surface area contributed by atoms with E-state index in [1.54, 1.807) is 23.2 Å². The molecule has 3 aliphatic heterocycles. The number of aromatic nitrogens is 2. The molecule has 0 saturated carbocycles. The maximum absolute atomic E-state index is 13.8. The SMILES string of the molecule is C=CC(C)(C)[C@@]12C=C(O)C(=O)N3C(=Cc4cn(C(C)(C)CC(C)=O)cn4)C(=O)N[C@]31N(OC)c1ccccc12. The molecule has 1 fully saturated rings. The first kappa shape index (κ1) is 26.4. The fourth-order valence-corrected chi connectivity index (χ4v) is 6.38.